The molecular weight excluding hydrogens is 242 g/mol. The fourth-order valence-electron chi connectivity index (χ4n) is 2.70. The predicted octanol–water partition coefficient (Wildman–Crippen LogP) is 1.49. The largest absolute Gasteiger partial charge is 0.476 e. The molecule has 2 N–H and O–H groups in total. The lowest BCUT2D eigenvalue weighted by Gasteiger charge is -2.07. The first kappa shape index (κ1) is 12.2. The van der Waals surface area contributed by atoms with Crippen LogP contribution < -0.4 is 5.32 Å². The molecule has 1 atom stereocenters. The lowest BCUT2D eigenvalue weighted by atomic mass is 10.0. The predicted molar refractivity (Wildman–Crippen MR) is 71.6 cm³/mol. The first-order valence-electron chi connectivity index (χ1n) is 6.57. The maximum atomic E-state index is 11.3. The average molecular weight is 259 g/mol. The van der Waals surface area contributed by atoms with E-state index >= 15 is 0 Å². The van der Waals surface area contributed by atoms with Gasteiger partial charge >= 0.3 is 5.97 Å². The second kappa shape index (κ2) is 4.66. The molecule has 0 aliphatic carbocycles. The van der Waals surface area contributed by atoms with Crippen LogP contribution in [-0.4, -0.2) is 33.6 Å². The number of aryl methyl sites for hydroxylation is 1. The number of aromatic carboxylic acids is 1. The average Bonchev–Trinajstić information content (AvgIpc) is 2.98. The molecule has 3 rings (SSSR count). The van der Waals surface area contributed by atoms with Crippen LogP contribution in [0.5, 0.6) is 0 Å². The quantitative estimate of drug-likeness (QED) is 0.876. The third-order valence-corrected chi connectivity index (χ3v) is 3.69. The summed E-state index contributed by atoms with van der Waals surface area (Å²) < 4.78 is 1.93. The highest BCUT2D eigenvalue weighted by atomic mass is 16.4. The summed E-state index contributed by atoms with van der Waals surface area (Å²) in [5.41, 5.74) is 1.94. The molecule has 0 aromatic carbocycles. The van der Waals surface area contributed by atoms with Gasteiger partial charge in [-0.3, -0.25) is 0 Å². The van der Waals surface area contributed by atoms with Crippen LogP contribution in [0.15, 0.2) is 18.3 Å². The monoisotopic (exact) mass is 259 g/mol. The van der Waals surface area contributed by atoms with Gasteiger partial charge in [0.2, 0.25) is 0 Å². The van der Waals surface area contributed by atoms with Crippen molar-refractivity contribution in [1.29, 1.82) is 0 Å². The molecule has 0 amide bonds. The third kappa shape index (κ3) is 2.21. The smallest absolute Gasteiger partial charge is 0.356 e. The lowest BCUT2D eigenvalue weighted by Crippen LogP contribution is -2.12. The number of hydrogen-bond donors (Lipinski definition) is 2. The second-order valence-electron chi connectivity index (χ2n) is 5.21. The fourth-order valence-corrected chi connectivity index (χ4v) is 2.70. The van der Waals surface area contributed by atoms with Gasteiger partial charge in [-0.2, -0.15) is 0 Å². The van der Waals surface area contributed by atoms with Crippen LogP contribution in [0.4, 0.5) is 0 Å². The molecule has 1 aliphatic heterocycles. The molecule has 0 saturated carbocycles. The van der Waals surface area contributed by atoms with Crippen molar-refractivity contribution in [2.75, 3.05) is 13.1 Å². The molecule has 3 heterocycles. The molecule has 1 aliphatic rings. The zero-order valence-electron chi connectivity index (χ0n) is 10.9. The summed E-state index contributed by atoms with van der Waals surface area (Å²) in [4.78, 5) is 15.6. The fraction of sp³-hybridized carbons (Fsp3) is 0.429. The SMILES string of the molecule is Cc1ccc2c(C(=O)O)nc(CC3CCNC3)n2c1. The van der Waals surface area contributed by atoms with Gasteiger partial charge in [0.1, 0.15) is 5.82 Å². The Labute approximate surface area is 111 Å². The number of hydrogen-bond acceptors (Lipinski definition) is 3. The number of imidazole rings is 1. The molecule has 100 valence electrons. The number of aromatic nitrogens is 2. The number of nitrogens with zero attached hydrogens (tertiary/aromatic N) is 2. The van der Waals surface area contributed by atoms with E-state index in [2.05, 4.69) is 10.3 Å². The zero-order chi connectivity index (χ0) is 13.4. The Hall–Kier alpha value is -1.88. The molecule has 0 radical (unpaired) electrons. The molecular formula is C14H17N3O2. The normalized spacial score (nSPS) is 19.1. The van der Waals surface area contributed by atoms with Crippen molar-refractivity contribution in [3.63, 3.8) is 0 Å². The lowest BCUT2D eigenvalue weighted by molar-refractivity contribution is 0.0693. The van der Waals surface area contributed by atoms with E-state index in [1.165, 1.54) is 0 Å². The van der Waals surface area contributed by atoms with Crippen molar-refractivity contribution in [3.8, 4) is 0 Å². The minimum absolute atomic E-state index is 0.154. The summed E-state index contributed by atoms with van der Waals surface area (Å²) in [6.45, 7) is 4.03. The molecule has 5 nitrogen and oxygen atoms in total. The van der Waals surface area contributed by atoms with E-state index in [1.807, 2.05) is 29.7 Å². The minimum atomic E-state index is -0.961. The molecule has 19 heavy (non-hydrogen) atoms. The van der Waals surface area contributed by atoms with Crippen LogP contribution in [0.25, 0.3) is 5.52 Å². The zero-order valence-corrected chi connectivity index (χ0v) is 10.9. The Bertz CT molecular complexity index is 627. The number of fused-ring (bicyclic) bond motifs is 1. The van der Waals surface area contributed by atoms with Crippen molar-refractivity contribution in [3.05, 3.63) is 35.4 Å². The van der Waals surface area contributed by atoms with Crippen LogP contribution in [0.1, 0.15) is 28.3 Å². The Balaban J connectivity index is 2.06. The third-order valence-electron chi connectivity index (χ3n) is 3.69. The standard InChI is InChI=1S/C14H17N3O2/c1-9-2-3-11-13(14(18)19)16-12(17(11)8-9)6-10-4-5-15-7-10/h2-3,8,10,15H,4-7H2,1H3,(H,18,19). The number of carbonyl (C=O) groups is 1. The van der Waals surface area contributed by atoms with E-state index < -0.39 is 5.97 Å². The van der Waals surface area contributed by atoms with Gasteiger partial charge in [0.05, 0.1) is 5.52 Å². The van der Waals surface area contributed by atoms with Gasteiger partial charge in [-0.15, -0.1) is 0 Å². The van der Waals surface area contributed by atoms with Crippen LogP contribution in [0, 0.1) is 12.8 Å². The molecule has 1 fully saturated rings. The van der Waals surface area contributed by atoms with Crippen molar-refractivity contribution >= 4 is 11.5 Å². The van der Waals surface area contributed by atoms with Crippen molar-refractivity contribution in [1.82, 2.24) is 14.7 Å². The Kier molecular flexibility index (Phi) is 2.98. The molecule has 5 heteroatoms. The van der Waals surface area contributed by atoms with Gasteiger partial charge in [0.15, 0.2) is 5.69 Å². The van der Waals surface area contributed by atoms with Gasteiger partial charge < -0.3 is 14.8 Å². The number of nitrogens with one attached hydrogen (secondary N) is 1. The Morgan fingerprint density at radius 3 is 3.11 bits per heavy atom. The van der Waals surface area contributed by atoms with Crippen molar-refractivity contribution in [2.24, 2.45) is 5.92 Å². The van der Waals surface area contributed by atoms with Gasteiger partial charge in [-0.25, -0.2) is 9.78 Å². The Morgan fingerprint density at radius 1 is 1.58 bits per heavy atom. The maximum absolute atomic E-state index is 11.3. The van der Waals surface area contributed by atoms with Crippen LogP contribution in [0.3, 0.4) is 0 Å². The van der Waals surface area contributed by atoms with E-state index in [4.69, 9.17) is 0 Å². The molecule has 0 spiro atoms. The summed E-state index contributed by atoms with van der Waals surface area (Å²) in [5, 5.41) is 12.6. The number of carboxylic acid groups (broad SMARTS) is 1. The number of pyridine rings is 1. The molecule has 0 bridgehead atoms. The highest BCUT2D eigenvalue weighted by molar-refractivity contribution is 5.93. The Morgan fingerprint density at radius 2 is 2.42 bits per heavy atom. The summed E-state index contributed by atoms with van der Waals surface area (Å²) in [7, 11) is 0. The van der Waals surface area contributed by atoms with Gasteiger partial charge in [0.25, 0.3) is 0 Å². The molecule has 2 aromatic heterocycles. The highest BCUT2D eigenvalue weighted by Crippen LogP contribution is 2.19. The first-order valence-corrected chi connectivity index (χ1v) is 6.57. The topological polar surface area (TPSA) is 66.6 Å². The highest BCUT2D eigenvalue weighted by Gasteiger charge is 2.21. The van der Waals surface area contributed by atoms with Crippen molar-refractivity contribution in [2.45, 2.75) is 19.8 Å². The van der Waals surface area contributed by atoms with E-state index in [9.17, 15) is 9.90 Å². The summed E-state index contributed by atoms with van der Waals surface area (Å²) in [6.07, 6.45) is 3.92. The van der Waals surface area contributed by atoms with Gasteiger partial charge in [-0.05, 0) is 44.0 Å². The van der Waals surface area contributed by atoms with Crippen LogP contribution in [0.2, 0.25) is 0 Å². The van der Waals surface area contributed by atoms with Gasteiger partial charge in [0, 0.05) is 12.6 Å². The van der Waals surface area contributed by atoms with E-state index in [0.717, 1.165) is 37.3 Å². The number of rotatable bonds is 3. The van der Waals surface area contributed by atoms with E-state index in [-0.39, 0.29) is 5.69 Å². The summed E-state index contributed by atoms with van der Waals surface area (Å²) >= 11 is 0. The summed E-state index contributed by atoms with van der Waals surface area (Å²) in [5.74, 6) is 0.440. The van der Waals surface area contributed by atoms with Gasteiger partial charge in [-0.1, -0.05) is 6.07 Å². The number of carboxylic acids is 1. The van der Waals surface area contributed by atoms with E-state index in [1.54, 1.807) is 0 Å². The second-order valence-corrected chi connectivity index (χ2v) is 5.21. The molecule has 1 saturated heterocycles. The maximum Gasteiger partial charge on any atom is 0.356 e. The molecule has 2 aromatic rings. The summed E-state index contributed by atoms with van der Waals surface area (Å²) in [6, 6.07) is 3.76. The van der Waals surface area contributed by atoms with Crippen molar-refractivity contribution < 1.29 is 9.90 Å². The molecule has 1 unspecified atom stereocenters. The van der Waals surface area contributed by atoms with Crippen LogP contribution >= 0.6 is 0 Å². The first-order chi connectivity index (χ1) is 9.15. The van der Waals surface area contributed by atoms with Crippen LogP contribution in [-0.2, 0) is 6.42 Å². The van der Waals surface area contributed by atoms with E-state index in [0.29, 0.717) is 11.4 Å². The minimum Gasteiger partial charge on any atom is -0.476 e.